The molecule has 10 aromatic rings. The van der Waals surface area contributed by atoms with E-state index in [1.807, 2.05) is 22.7 Å². The smallest absolute Gasteiger partial charge is 0.0718 e. The van der Waals surface area contributed by atoms with Gasteiger partial charge in [-0.3, -0.25) is 0 Å². The number of fused-ring (bicyclic) bond motifs is 6. The van der Waals surface area contributed by atoms with E-state index in [-0.39, 0.29) is 0 Å². The lowest BCUT2D eigenvalue weighted by atomic mass is 9.97. The van der Waals surface area contributed by atoms with E-state index in [1.54, 1.807) is 0 Å². The third kappa shape index (κ3) is 5.05. The highest BCUT2D eigenvalue weighted by Gasteiger charge is 2.26. The van der Waals surface area contributed by atoms with Crippen molar-refractivity contribution < 1.29 is 0 Å². The molecule has 0 aliphatic carbocycles. The predicted molar refractivity (Wildman–Crippen MR) is 223 cm³/mol. The molecule has 2 aromatic heterocycles. The number of nitrogens with zero attached hydrogens (tertiary/aromatic N) is 1. The normalized spacial score (nSPS) is 11.5. The molecule has 10 rings (SSSR count). The van der Waals surface area contributed by atoms with Gasteiger partial charge in [0.2, 0.25) is 0 Å². The van der Waals surface area contributed by atoms with E-state index in [0.717, 1.165) is 5.69 Å². The fourth-order valence-electron chi connectivity index (χ4n) is 7.51. The van der Waals surface area contributed by atoms with Gasteiger partial charge in [-0.15, -0.1) is 22.7 Å². The maximum Gasteiger partial charge on any atom is 0.0718 e. The first-order chi connectivity index (χ1) is 25.3. The molecule has 0 aliphatic heterocycles. The highest BCUT2D eigenvalue weighted by Crippen LogP contribution is 2.53. The van der Waals surface area contributed by atoms with Crippen molar-refractivity contribution in [2.75, 3.05) is 4.90 Å². The maximum atomic E-state index is 2.55. The van der Waals surface area contributed by atoms with Gasteiger partial charge in [-0.1, -0.05) is 158 Å². The molecule has 51 heavy (non-hydrogen) atoms. The van der Waals surface area contributed by atoms with E-state index in [2.05, 4.69) is 193 Å². The standard InChI is InChI=1S/C48H31NS2/c1-4-14-32(15-5-1)33-24-26-36(27-25-33)49(42-31-30-38(35-18-8-3-9-19-35)47-45(42)41-21-11-13-23-44(41)50-47)46-37(34-16-6-2-7-17-34)28-29-40-39-20-10-12-22-43(39)51-48(40)46/h1-31H. The van der Waals surface area contributed by atoms with Crippen LogP contribution in [0.4, 0.5) is 17.1 Å². The monoisotopic (exact) mass is 685 g/mol. The summed E-state index contributed by atoms with van der Waals surface area (Å²) >= 11 is 3.78. The van der Waals surface area contributed by atoms with Crippen molar-refractivity contribution in [1.29, 1.82) is 0 Å². The molecular weight excluding hydrogens is 655 g/mol. The summed E-state index contributed by atoms with van der Waals surface area (Å²) < 4.78 is 5.17. The van der Waals surface area contributed by atoms with Crippen LogP contribution in [0.1, 0.15) is 0 Å². The van der Waals surface area contributed by atoms with Crippen molar-refractivity contribution in [3.8, 4) is 33.4 Å². The van der Waals surface area contributed by atoms with Gasteiger partial charge in [-0.2, -0.15) is 0 Å². The molecule has 8 aromatic carbocycles. The lowest BCUT2D eigenvalue weighted by molar-refractivity contribution is 1.32. The van der Waals surface area contributed by atoms with Gasteiger partial charge in [-0.05, 0) is 58.1 Å². The molecule has 0 saturated heterocycles. The number of anilines is 3. The van der Waals surface area contributed by atoms with E-state index in [0.29, 0.717) is 0 Å². The molecule has 0 N–H and O–H groups in total. The van der Waals surface area contributed by atoms with Crippen LogP contribution in [-0.4, -0.2) is 0 Å². The van der Waals surface area contributed by atoms with Gasteiger partial charge in [0, 0.05) is 46.9 Å². The molecule has 1 nitrogen and oxygen atoms in total. The molecule has 0 fully saturated rings. The first-order valence-electron chi connectivity index (χ1n) is 17.3. The van der Waals surface area contributed by atoms with E-state index in [1.165, 1.54) is 85.1 Å². The average Bonchev–Trinajstić information content (AvgIpc) is 3.79. The average molecular weight is 686 g/mol. The van der Waals surface area contributed by atoms with Gasteiger partial charge in [0.15, 0.2) is 0 Å². The number of benzene rings is 8. The summed E-state index contributed by atoms with van der Waals surface area (Å²) in [5, 5.41) is 5.13. The third-order valence-electron chi connectivity index (χ3n) is 9.89. The van der Waals surface area contributed by atoms with Gasteiger partial charge in [0.05, 0.1) is 16.1 Å². The third-order valence-corrected chi connectivity index (χ3v) is 12.3. The Kier molecular flexibility index (Phi) is 7.26. The second-order valence-corrected chi connectivity index (χ2v) is 15.0. The first-order valence-corrected chi connectivity index (χ1v) is 18.9. The number of hydrogen-bond acceptors (Lipinski definition) is 3. The van der Waals surface area contributed by atoms with Gasteiger partial charge in [-0.25, -0.2) is 0 Å². The summed E-state index contributed by atoms with van der Waals surface area (Å²) in [6, 6.07) is 68.5. The first kappa shape index (κ1) is 29.9. The Morgan fingerprint density at radius 1 is 0.333 bits per heavy atom. The molecule has 0 amide bonds. The molecule has 2 heterocycles. The summed E-state index contributed by atoms with van der Waals surface area (Å²) in [6.45, 7) is 0. The summed E-state index contributed by atoms with van der Waals surface area (Å²) in [5.41, 5.74) is 10.8. The molecule has 240 valence electrons. The Bertz CT molecular complexity index is 2830. The molecule has 3 heteroatoms. The molecule has 0 saturated carbocycles. The summed E-state index contributed by atoms with van der Waals surface area (Å²) in [7, 11) is 0. The van der Waals surface area contributed by atoms with Crippen LogP contribution in [0.5, 0.6) is 0 Å². The largest absolute Gasteiger partial charge is 0.308 e. The summed E-state index contributed by atoms with van der Waals surface area (Å²) in [4.78, 5) is 2.55. The SMILES string of the molecule is c1ccc(-c2ccc(N(c3c(-c4ccccc4)ccc4c3sc3ccccc34)c3ccc(-c4ccccc4)c4sc5ccccc5c34)cc2)cc1. The molecule has 0 radical (unpaired) electrons. The van der Waals surface area contributed by atoms with Crippen molar-refractivity contribution in [2.24, 2.45) is 0 Å². The van der Waals surface area contributed by atoms with Crippen molar-refractivity contribution >= 4 is 80.1 Å². The van der Waals surface area contributed by atoms with Crippen molar-refractivity contribution in [1.82, 2.24) is 0 Å². The van der Waals surface area contributed by atoms with Crippen LogP contribution < -0.4 is 4.90 Å². The Balaban J connectivity index is 1.33. The molecule has 0 spiro atoms. The summed E-state index contributed by atoms with van der Waals surface area (Å²) in [5.74, 6) is 0. The maximum absolute atomic E-state index is 2.55. The van der Waals surface area contributed by atoms with Crippen LogP contribution in [0.15, 0.2) is 188 Å². The fourth-order valence-corrected chi connectivity index (χ4v) is 10.0. The molecular formula is C48H31NS2. The minimum atomic E-state index is 1.13. The minimum absolute atomic E-state index is 1.13. The Labute approximate surface area is 304 Å². The van der Waals surface area contributed by atoms with Crippen LogP contribution in [0.3, 0.4) is 0 Å². The van der Waals surface area contributed by atoms with E-state index >= 15 is 0 Å². The van der Waals surface area contributed by atoms with Gasteiger partial charge >= 0.3 is 0 Å². The molecule has 0 atom stereocenters. The van der Waals surface area contributed by atoms with E-state index in [9.17, 15) is 0 Å². The Morgan fingerprint density at radius 3 is 1.53 bits per heavy atom. The lowest BCUT2D eigenvalue weighted by Crippen LogP contribution is -2.12. The van der Waals surface area contributed by atoms with Crippen molar-refractivity contribution in [3.05, 3.63) is 188 Å². The van der Waals surface area contributed by atoms with Crippen molar-refractivity contribution in [3.63, 3.8) is 0 Å². The predicted octanol–water partition coefficient (Wildman–Crippen LogP) is 14.9. The zero-order valence-electron chi connectivity index (χ0n) is 27.7. The lowest BCUT2D eigenvalue weighted by Gasteiger charge is -2.30. The van der Waals surface area contributed by atoms with Crippen LogP contribution in [0, 0.1) is 0 Å². The quantitative estimate of drug-likeness (QED) is 0.168. The van der Waals surface area contributed by atoms with Gasteiger partial charge in [0.1, 0.15) is 0 Å². The minimum Gasteiger partial charge on any atom is -0.308 e. The number of hydrogen-bond donors (Lipinski definition) is 0. The second kappa shape index (κ2) is 12.4. The Morgan fingerprint density at radius 2 is 0.843 bits per heavy atom. The van der Waals surface area contributed by atoms with Crippen molar-refractivity contribution in [2.45, 2.75) is 0 Å². The van der Waals surface area contributed by atoms with Crippen LogP contribution >= 0.6 is 22.7 Å². The zero-order chi connectivity index (χ0) is 33.7. The van der Waals surface area contributed by atoms with Crippen LogP contribution in [0.2, 0.25) is 0 Å². The van der Waals surface area contributed by atoms with Crippen LogP contribution in [-0.2, 0) is 0 Å². The van der Waals surface area contributed by atoms with E-state index < -0.39 is 0 Å². The molecule has 0 aliphatic rings. The second-order valence-electron chi connectivity index (χ2n) is 12.9. The highest BCUT2D eigenvalue weighted by molar-refractivity contribution is 7.27. The van der Waals surface area contributed by atoms with Gasteiger partial charge in [0.25, 0.3) is 0 Å². The van der Waals surface area contributed by atoms with Gasteiger partial charge < -0.3 is 4.90 Å². The van der Waals surface area contributed by atoms with E-state index in [4.69, 9.17) is 0 Å². The highest BCUT2D eigenvalue weighted by atomic mass is 32.1. The fraction of sp³-hybridized carbons (Fsp3) is 0. The number of rotatable bonds is 6. The summed E-state index contributed by atoms with van der Waals surface area (Å²) in [6.07, 6.45) is 0. The molecule has 0 bridgehead atoms. The number of thiophene rings is 2. The van der Waals surface area contributed by atoms with Crippen LogP contribution in [0.25, 0.3) is 73.7 Å². The Hall–Kier alpha value is -6.00. The molecule has 0 unspecified atom stereocenters. The topological polar surface area (TPSA) is 3.24 Å². The zero-order valence-corrected chi connectivity index (χ0v) is 29.3.